The highest BCUT2D eigenvalue weighted by Gasteiger charge is 2.50. The summed E-state index contributed by atoms with van der Waals surface area (Å²) in [7, 11) is 5.34. The number of allylic oxidation sites excluding steroid dienone is 2. The van der Waals surface area contributed by atoms with Crippen molar-refractivity contribution in [1.82, 2.24) is 20.0 Å². The van der Waals surface area contributed by atoms with E-state index < -0.39 is 88.8 Å². The van der Waals surface area contributed by atoms with Crippen LogP contribution in [0.15, 0.2) is 51.8 Å². The van der Waals surface area contributed by atoms with Crippen molar-refractivity contribution in [1.29, 1.82) is 0 Å². The van der Waals surface area contributed by atoms with Crippen molar-refractivity contribution in [2.75, 3.05) is 52.7 Å². The third-order valence-corrected chi connectivity index (χ3v) is 13.2. The lowest BCUT2D eigenvalue weighted by atomic mass is 9.78. The molecule has 19 nitrogen and oxygen atoms in total. The third-order valence-electron chi connectivity index (χ3n) is 13.2. The molecule has 6 N–H and O–H groups in total. The molecule has 7 rings (SSSR count). The van der Waals surface area contributed by atoms with Crippen LogP contribution in [0.25, 0.3) is 10.8 Å². The van der Waals surface area contributed by atoms with Gasteiger partial charge in [0, 0.05) is 99.9 Å². The molecule has 2 aromatic carbocycles. The van der Waals surface area contributed by atoms with E-state index in [1.54, 1.807) is 44.9 Å². The number of carbonyl (C=O) groups is 3. The first-order chi connectivity index (χ1) is 32.1. The van der Waals surface area contributed by atoms with Crippen LogP contribution in [0.4, 0.5) is 5.69 Å². The molecule has 0 radical (unpaired) electrons. The molecule has 1 fully saturated rings. The average Bonchev–Trinajstić information content (AvgIpc) is 3.84. The van der Waals surface area contributed by atoms with E-state index >= 15 is 0 Å². The number of anilines is 1. The number of phenols is 3. The molecule has 0 unspecified atom stereocenters. The van der Waals surface area contributed by atoms with Gasteiger partial charge in [-0.05, 0) is 34.0 Å². The number of ketones is 1. The highest BCUT2D eigenvalue weighted by atomic mass is 16.7. The molecule has 0 saturated carbocycles. The maximum Gasteiger partial charge on any atom is 0.312 e. The van der Waals surface area contributed by atoms with Gasteiger partial charge in [0.05, 0.1) is 65.2 Å². The number of aromatic nitrogens is 1. The number of Topliss-reactive ketones (excluding diaryl/α,β-unsaturated/α-hetero) is 1. The van der Waals surface area contributed by atoms with Crippen molar-refractivity contribution in [2.24, 2.45) is 28.8 Å². The smallest absolute Gasteiger partial charge is 0.312 e. The minimum absolute atomic E-state index is 0.0418. The molecule has 0 aliphatic carbocycles. The Morgan fingerprint density at radius 1 is 0.985 bits per heavy atom. The summed E-state index contributed by atoms with van der Waals surface area (Å²) in [6.45, 7) is 15.8. The van der Waals surface area contributed by atoms with Crippen molar-refractivity contribution in [3.8, 4) is 23.0 Å². The number of nitrogens with zero attached hydrogens (tertiary/aromatic N) is 5. The van der Waals surface area contributed by atoms with Crippen LogP contribution in [0.2, 0.25) is 0 Å². The summed E-state index contributed by atoms with van der Waals surface area (Å²) in [5.41, 5.74) is 0.378. The molecule has 68 heavy (non-hydrogen) atoms. The predicted octanol–water partition coefficient (Wildman–Crippen LogP) is 4.96. The summed E-state index contributed by atoms with van der Waals surface area (Å²) >= 11 is 0. The van der Waals surface area contributed by atoms with E-state index in [4.69, 9.17) is 23.5 Å². The molecule has 4 aliphatic rings. The van der Waals surface area contributed by atoms with E-state index in [1.165, 1.54) is 59.4 Å². The summed E-state index contributed by atoms with van der Waals surface area (Å²) < 4.78 is 29.3. The summed E-state index contributed by atoms with van der Waals surface area (Å²) in [5, 5.41) is 71.7. The van der Waals surface area contributed by atoms with Crippen LogP contribution < -0.4 is 10.1 Å². The monoisotopic (exact) mass is 946 g/mol. The van der Waals surface area contributed by atoms with Crippen LogP contribution in [-0.4, -0.2) is 147 Å². The normalized spacial score (nSPS) is 29.5. The lowest BCUT2D eigenvalue weighted by Gasteiger charge is -2.38. The number of nitrogens with one attached hydrogen (secondary N) is 1. The zero-order chi connectivity index (χ0) is 49.9. The number of esters is 1. The van der Waals surface area contributed by atoms with Gasteiger partial charge in [0.2, 0.25) is 0 Å². The van der Waals surface area contributed by atoms with Crippen molar-refractivity contribution >= 4 is 40.3 Å². The van der Waals surface area contributed by atoms with Crippen LogP contribution in [0, 0.1) is 30.6 Å². The zero-order valence-corrected chi connectivity index (χ0v) is 40.6. The van der Waals surface area contributed by atoms with Gasteiger partial charge < -0.3 is 59.2 Å². The Morgan fingerprint density at radius 3 is 2.32 bits per heavy atom. The number of methoxy groups -OCH3 is 1. The van der Waals surface area contributed by atoms with Crippen LogP contribution >= 0.6 is 0 Å². The highest BCUT2D eigenvalue weighted by molar-refractivity contribution is 6.23. The van der Waals surface area contributed by atoms with Gasteiger partial charge in [-0.2, -0.15) is 5.10 Å². The molecule has 3 aromatic rings. The Kier molecular flexibility index (Phi) is 16.0. The number of hydrazone groups is 1. The lowest BCUT2D eigenvalue weighted by Crippen LogP contribution is -2.46. The number of hydrogen-bond donors (Lipinski definition) is 6. The third kappa shape index (κ3) is 10.7. The average molecular weight is 947 g/mol. The number of piperazine rings is 1. The Balaban J connectivity index is 1.42. The fraction of sp³-hybridized carbons (Fsp3) is 0.531. The molecule has 5 bridgehead atoms. The van der Waals surface area contributed by atoms with E-state index in [-0.39, 0.29) is 44.5 Å². The minimum atomic E-state index is -2.07. The second kappa shape index (κ2) is 21.1. The Labute approximate surface area is 396 Å². The Hall–Kier alpha value is -5.99. The highest BCUT2D eigenvalue weighted by Crippen LogP contribution is 2.55. The van der Waals surface area contributed by atoms with Crippen LogP contribution in [0.3, 0.4) is 0 Å². The number of aliphatic hydroxyl groups excluding tert-OH is 2. The van der Waals surface area contributed by atoms with Gasteiger partial charge >= 0.3 is 11.8 Å². The molecule has 1 saturated heterocycles. The first-order valence-electron chi connectivity index (χ1n) is 22.8. The second-order valence-corrected chi connectivity index (χ2v) is 18.6. The largest absolute Gasteiger partial charge is 0.507 e. The molecular formula is C49H66N6O13. The number of benzene rings is 2. The standard InChI is InChI=1S/C49H66N6O13/c1-25-13-12-14-26(2)48(63)51-39-34(22-50-55-18-16-54(17-19-55)24-33-21-32(52-68-33)23-53(9)10)43(60)36-37(44(39)61)42(59)30(6)46-38(36)47(62)49(8,67-46)65-20-15-35(64-11)27(3)45(66-31(7)56)29(5)41(58)28(4)40(25)57/h12-15,20-22,25,27-29,35,40-41,45,57-61H,16-19,23-24H2,1-11H3,(H,51,63)/b13-12+,20-15+,26-14-,50-22+/t25-,27+,28+,29+,35-,40-,41+,45+,49-/m0/s1. The van der Waals surface area contributed by atoms with Crippen LogP contribution in [-0.2, 0) is 36.9 Å². The first kappa shape index (κ1) is 51.4. The van der Waals surface area contributed by atoms with Gasteiger partial charge in [-0.25, -0.2) is 0 Å². The van der Waals surface area contributed by atoms with E-state index in [2.05, 4.69) is 20.5 Å². The molecule has 4 aliphatic heterocycles. The number of amides is 1. The number of ether oxygens (including phenoxy) is 4. The Bertz CT molecular complexity index is 2490. The van der Waals surface area contributed by atoms with Gasteiger partial charge in [0.25, 0.3) is 11.7 Å². The van der Waals surface area contributed by atoms with Crippen molar-refractivity contribution in [2.45, 2.75) is 98.7 Å². The number of rotatable bonds is 8. The number of fused-ring (bicyclic) bond motifs is 14. The van der Waals surface area contributed by atoms with E-state index in [0.717, 1.165) is 11.5 Å². The summed E-state index contributed by atoms with van der Waals surface area (Å²) in [5.74, 6) is -7.82. The van der Waals surface area contributed by atoms with Crippen molar-refractivity contribution < 1.29 is 63.4 Å². The first-order valence-corrected chi connectivity index (χ1v) is 22.8. The zero-order valence-electron chi connectivity index (χ0n) is 40.6. The molecule has 1 amide bonds. The topological polar surface area (TPSA) is 249 Å². The maximum absolute atomic E-state index is 14.6. The SMILES string of the molecule is CO[C@H]1/C=C/O[C@@]2(C)Oc3c(C)c(O)c4c(O)c(c(/C=N/N5CCN(Cc6cc(CN(C)C)no6)CC5)c(O)c4c3C2=O)NC(=O)/C(C)=C\C=C\[C@H](C)[C@H](O)[C@@H](C)[C@@H](O)[C@@H](C)[C@H](OC(C)=O)[C@@H]1C. The van der Waals surface area contributed by atoms with E-state index in [1.807, 2.05) is 25.1 Å². The number of aromatic hydroxyl groups is 3. The summed E-state index contributed by atoms with van der Waals surface area (Å²) in [4.78, 5) is 45.1. The van der Waals surface area contributed by atoms with Crippen LogP contribution in [0.5, 0.6) is 23.0 Å². The molecule has 9 atom stereocenters. The predicted molar refractivity (Wildman–Crippen MR) is 252 cm³/mol. The molecule has 370 valence electrons. The molecule has 19 heteroatoms. The van der Waals surface area contributed by atoms with Crippen molar-refractivity contribution in [3.05, 3.63) is 70.4 Å². The number of aliphatic hydroxyl groups is 2. The molecule has 1 aromatic heterocycles. The number of carbonyl (C=O) groups excluding carboxylic acids is 3. The quantitative estimate of drug-likeness (QED) is 0.0756. The van der Waals surface area contributed by atoms with Gasteiger partial charge in [0.1, 0.15) is 23.4 Å². The second-order valence-electron chi connectivity index (χ2n) is 18.6. The summed E-state index contributed by atoms with van der Waals surface area (Å²) in [6.07, 6.45) is 4.78. The van der Waals surface area contributed by atoms with Gasteiger partial charge in [0.15, 0.2) is 11.5 Å². The van der Waals surface area contributed by atoms with Crippen LogP contribution in [0.1, 0.15) is 81.4 Å². The fourth-order valence-electron chi connectivity index (χ4n) is 9.07. The maximum atomic E-state index is 14.6. The fourth-order valence-corrected chi connectivity index (χ4v) is 9.07. The van der Waals surface area contributed by atoms with E-state index in [9.17, 15) is 39.9 Å². The van der Waals surface area contributed by atoms with Crippen molar-refractivity contribution in [3.63, 3.8) is 0 Å². The summed E-state index contributed by atoms with van der Waals surface area (Å²) in [6, 6.07) is 1.93. The van der Waals surface area contributed by atoms with Gasteiger partial charge in [-0.15, -0.1) is 0 Å². The lowest BCUT2D eigenvalue weighted by molar-refractivity contribution is -0.160. The number of phenolic OH excluding ortho intramolecular Hbond substituents is 3. The minimum Gasteiger partial charge on any atom is -0.507 e. The number of hydrogen-bond acceptors (Lipinski definition) is 18. The van der Waals surface area contributed by atoms with Gasteiger partial charge in [-0.3, -0.25) is 24.3 Å². The van der Waals surface area contributed by atoms with E-state index in [0.29, 0.717) is 39.3 Å². The molecule has 0 spiro atoms. The van der Waals surface area contributed by atoms with Gasteiger partial charge in [-0.1, -0.05) is 51.1 Å². The molecule has 5 heterocycles. The molecular weight excluding hydrogens is 881 g/mol. The Morgan fingerprint density at radius 2 is 1.68 bits per heavy atom.